The molecule has 2 aromatic rings. The van der Waals surface area contributed by atoms with E-state index in [1.54, 1.807) is 0 Å². The third kappa shape index (κ3) is 3.94. The SMILES string of the molecule is CC1(C)OP(OC(c2ccccc2)C(O)c2ccccc2)OC1(C)C. The molecule has 4 nitrogen and oxygen atoms in total. The molecule has 0 bridgehead atoms. The van der Waals surface area contributed by atoms with Crippen LogP contribution in [0.3, 0.4) is 0 Å². The summed E-state index contributed by atoms with van der Waals surface area (Å²) in [5, 5.41) is 10.9. The van der Waals surface area contributed by atoms with Gasteiger partial charge in [-0.3, -0.25) is 0 Å². The molecule has 1 N–H and O–H groups in total. The maximum absolute atomic E-state index is 10.9. The summed E-state index contributed by atoms with van der Waals surface area (Å²) in [6.07, 6.45) is -1.38. The van der Waals surface area contributed by atoms with Crippen LogP contribution in [0, 0.1) is 0 Å². The molecule has 3 rings (SSSR count). The Hall–Kier alpha value is -1.29. The second-order valence-electron chi connectivity index (χ2n) is 7.22. The molecule has 1 heterocycles. The van der Waals surface area contributed by atoms with Crippen molar-refractivity contribution in [1.29, 1.82) is 0 Å². The average Bonchev–Trinajstić information content (AvgIpc) is 2.80. The highest BCUT2D eigenvalue weighted by atomic mass is 31.2. The quantitative estimate of drug-likeness (QED) is 0.734. The van der Waals surface area contributed by atoms with Crippen LogP contribution in [0.2, 0.25) is 0 Å². The van der Waals surface area contributed by atoms with Gasteiger partial charge in [0.25, 0.3) is 0 Å². The minimum Gasteiger partial charge on any atom is -0.385 e. The number of benzene rings is 2. The zero-order valence-corrected chi connectivity index (χ0v) is 15.9. The van der Waals surface area contributed by atoms with Gasteiger partial charge in [0.1, 0.15) is 23.4 Å². The number of hydrogen-bond donors (Lipinski definition) is 1. The molecule has 0 aliphatic carbocycles. The van der Waals surface area contributed by atoms with Crippen molar-refractivity contribution >= 4 is 8.60 Å². The first-order chi connectivity index (χ1) is 11.8. The molecule has 2 unspecified atom stereocenters. The monoisotopic (exact) mass is 360 g/mol. The van der Waals surface area contributed by atoms with E-state index in [1.807, 2.05) is 88.4 Å². The topological polar surface area (TPSA) is 47.9 Å². The lowest BCUT2D eigenvalue weighted by Crippen LogP contribution is -2.41. The van der Waals surface area contributed by atoms with Gasteiger partial charge in [0.15, 0.2) is 0 Å². The van der Waals surface area contributed by atoms with Gasteiger partial charge in [-0.2, -0.15) is 0 Å². The van der Waals surface area contributed by atoms with E-state index < -0.39 is 32.0 Å². The van der Waals surface area contributed by atoms with Crippen molar-refractivity contribution in [3.8, 4) is 0 Å². The normalized spacial score (nSPS) is 21.8. The Morgan fingerprint density at radius 2 is 1.24 bits per heavy atom. The molecule has 1 fully saturated rings. The summed E-state index contributed by atoms with van der Waals surface area (Å²) < 4.78 is 18.2. The highest BCUT2D eigenvalue weighted by Crippen LogP contribution is 2.61. The van der Waals surface area contributed by atoms with E-state index in [2.05, 4.69) is 0 Å². The Kier molecular flexibility index (Phi) is 5.29. The van der Waals surface area contributed by atoms with Gasteiger partial charge in [-0.15, -0.1) is 0 Å². The molecule has 1 aliphatic rings. The maximum Gasteiger partial charge on any atom is 0.334 e. The van der Waals surface area contributed by atoms with Crippen LogP contribution in [0.25, 0.3) is 0 Å². The van der Waals surface area contributed by atoms with Gasteiger partial charge >= 0.3 is 8.60 Å². The van der Waals surface area contributed by atoms with E-state index in [0.29, 0.717) is 0 Å². The standard InChI is InChI=1S/C20H25O4P/c1-19(2)20(3,4)24-25(23-19)22-18(16-13-9-6-10-14-16)17(21)15-11-7-5-8-12-15/h5-14,17-18,21H,1-4H3. The van der Waals surface area contributed by atoms with Crippen LogP contribution in [0.4, 0.5) is 0 Å². The summed E-state index contributed by atoms with van der Waals surface area (Å²) in [7, 11) is -1.57. The van der Waals surface area contributed by atoms with Gasteiger partial charge in [-0.1, -0.05) is 60.7 Å². The second-order valence-corrected chi connectivity index (χ2v) is 8.24. The smallest absolute Gasteiger partial charge is 0.334 e. The minimum absolute atomic E-state index is 0.461. The van der Waals surface area contributed by atoms with Crippen molar-refractivity contribution in [3.05, 3.63) is 71.8 Å². The highest BCUT2D eigenvalue weighted by molar-refractivity contribution is 7.42. The fraction of sp³-hybridized carbons (Fsp3) is 0.400. The Labute approximate surface area is 150 Å². The predicted octanol–water partition coefficient (Wildman–Crippen LogP) is 5.31. The summed E-state index contributed by atoms with van der Waals surface area (Å²) in [6.45, 7) is 7.96. The Morgan fingerprint density at radius 1 is 0.800 bits per heavy atom. The van der Waals surface area contributed by atoms with Gasteiger partial charge in [0.2, 0.25) is 0 Å². The van der Waals surface area contributed by atoms with E-state index in [0.717, 1.165) is 11.1 Å². The first-order valence-corrected chi connectivity index (χ1v) is 9.53. The summed E-state index contributed by atoms with van der Waals surface area (Å²) in [6, 6.07) is 19.2. The first-order valence-electron chi connectivity index (χ1n) is 8.43. The molecular formula is C20H25O4P. The predicted molar refractivity (Wildman–Crippen MR) is 98.9 cm³/mol. The molecule has 1 saturated heterocycles. The van der Waals surface area contributed by atoms with Gasteiger partial charge in [-0.25, -0.2) is 0 Å². The summed E-state index contributed by atoms with van der Waals surface area (Å²) in [5.74, 6) is 0. The van der Waals surface area contributed by atoms with Crippen molar-refractivity contribution in [2.75, 3.05) is 0 Å². The van der Waals surface area contributed by atoms with Gasteiger partial charge in [0, 0.05) is 0 Å². The maximum atomic E-state index is 10.9. The lowest BCUT2D eigenvalue weighted by Gasteiger charge is -2.29. The van der Waals surface area contributed by atoms with E-state index in [9.17, 15) is 5.11 Å². The molecule has 0 aromatic heterocycles. The van der Waals surface area contributed by atoms with Crippen molar-refractivity contribution in [1.82, 2.24) is 0 Å². The average molecular weight is 360 g/mol. The summed E-state index contributed by atoms with van der Waals surface area (Å²) in [4.78, 5) is 0. The molecule has 25 heavy (non-hydrogen) atoms. The lowest BCUT2D eigenvalue weighted by atomic mass is 9.90. The van der Waals surface area contributed by atoms with Crippen LogP contribution < -0.4 is 0 Å². The molecule has 0 radical (unpaired) electrons. The number of rotatable bonds is 5. The van der Waals surface area contributed by atoms with E-state index in [1.165, 1.54) is 0 Å². The van der Waals surface area contributed by atoms with Crippen molar-refractivity contribution in [2.24, 2.45) is 0 Å². The molecule has 0 spiro atoms. The number of aliphatic hydroxyl groups excluding tert-OH is 1. The first kappa shape index (κ1) is 18.5. The molecule has 0 saturated carbocycles. The fourth-order valence-corrected chi connectivity index (χ4v) is 4.25. The molecular weight excluding hydrogens is 335 g/mol. The summed E-state index contributed by atoms with van der Waals surface area (Å²) >= 11 is 0. The van der Waals surface area contributed by atoms with Crippen LogP contribution in [0.15, 0.2) is 60.7 Å². The largest absolute Gasteiger partial charge is 0.385 e. The van der Waals surface area contributed by atoms with Crippen LogP contribution >= 0.6 is 8.60 Å². The third-order valence-corrected chi connectivity index (χ3v) is 6.42. The summed E-state index contributed by atoms with van der Waals surface area (Å²) in [5.41, 5.74) is 0.759. The molecule has 134 valence electrons. The Bertz CT molecular complexity index is 671. The molecule has 1 aliphatic heterocycles. The Balaban J connectivity index is 1.86. The Morgan fingerprint density at radius 3 is 1.72 bits per heavy atom. The van der Waals surface area contributed by atoms with Crippen molar-refractivity contribution in [2.45, 2.75) is 51.1 Å². The second kappa shape index (κ2) is 7.14. The third-order valence-electron chi connectivity index (χ3n) is 4.81. The molecule has 5 heteroatoms. The minimum atomic E-state index is -1.57. The van der Waals surface area contributed by atoms with Crippen molar-refractivity contribution < 1.29 is 18.7 Å². The van der Waals surface area contributed by atoms with E-state index >= 15 is 0 Å². The fourth-order valence-electron chi connectivity index (χ4n) is 2.52. The van der Waals surface area contributed by atoms with Crippen molar-refractivity contribution in [3.63, 3.8) is 0 Å². The molecule has 2 atom stereocenters. The highest BCUT2D eigenvalue weighted by Gasteiger charge is 2.52. The zero-order chi connectivity index (χ0) is 18.1. The van der Waals surface area contributed by atoms with Crippen LogP contribution in [0.1, 0.15) is 51.0 Å². The number of aliphatic hydroxyl groups is 1. The van der Waals surface area contributed by atoms with Gasteiger partial charge in [0.05, 0.1) is 0 Å². The van der Waals surface area contributed by atoms with Crippen LogP contribution in [-0.2, 0) is 13.6 Å². The lowest BCUT2D eigenvalue weighted by molar-refractivity contribution is 0.00578. The molecule has 0 amide bonds. The molecule has 2 aromatic carbocycles. The van der Waals surface area contributed by atoms with Gasteiger partial charge in [-0.05, 0) is 38.8 Å². The van der Waals surface area contributed by atoms with Crippen LogP contribution in [-0.4, -0.2) is 16.3 Å². The zero-order valence-electron chi connectivity index (χ0n) is 15.0. The van der Waals surface area contributed by atoms with Gasteiger partial charge < -0.3 is 18.7 Å². The van der Waals surface area contributed by atoms with E-state index in [-0.39, 0.29) is 0 Å². The number of hydrogen-bond acceptors (Lipinski definition) is 4. The van der Waals surface area contributed by atoms with E-state index in [4.69, 9.17) is 13.6 Å². The van der Waals surface area contributed by atoms with Crippen LogP contribution in [0.5, 0.6) is 0 Å².